The quantitative estimate of drug-likeness (QED) is 0.857. The lowest BCUT2D eigenvalue weighted by molar-refractivity contribution is 0.352. The molecular formula is C15H26N2. The van der Waals surface area contributed by atoms with E-state index in [4.69, 9.17) is 5.73 Å². The van der Waals surface area contributed by atoms with Crippen molar-refractivity contribution in [3.63, 3.8) is 0 Å². The van der Waals surface area contributed by atoms with Gasteiger partial charge in [-0.25, -0.2) is 0 Å². The summed E-state index contributed by atoms with van der Waals surface area (Å²) in [6.45, 7) is 11.0. The van der Waals surface area contributed by atoms with Crippen LogP contribution in [0.25, 0.3) is 0 Å². The number of pyridine rings is 1. The molecule has 0 saturated heterocycles. The lowest BCUT2D eigenvalue weighted by Crippen LogP contribution is -2.15. The molecule has 2 N–H and O–H groups in total. The number of aromatic nitrogens is 1. The van der Waals surface area contributed by atoms with E-state index in [1.54, 1.807) is 0 Å². The normalized spacial score (nSPS) is 13.8. The molecule has 2 nitrogen and oxygen atoms in total. The Balaban J connectivity index is 2.55. The van der Waals surface area contributed by atoms with Crippen LogP contribution in [0.2, 0.25) is 0 Å². The van der Waals surface area contributed by atoms with Crippen LogP contribution in [0, 0.1) is 19.3 Å². The largest absolute Gasteiger partial charge is 0.323 e. The molecule has 1 aromatic rings. The van der Waals surface area contributed by atoms with Gasteiger partial charge in [0.2, 0.25) is 0 Å². The van der Waals surface area contributed by atoms with E-state index >= 15 is 0 Å². The van der Waals surface area contributed by atoms with Crippen LogP contribution in [0.3, 0.4) is 0 Å². The number of aryl methyl sites for hydroxylation is 2. The molecule has 0 aliphatic rings. The zero-order valence-electron chi connectivity index (χ0n) is 11.9. The van der Waals surface area contributed by atoms with Crippen LogP contribution < -0.4 is 5.73 Å². The van der Waals surface area contributed by atoms with Crippen LogP contribution in [0.4, 0.5) is 0 Å². The van der Waals surface area contributed by atoms with Gasteiger partial charge in [-0.2, -0.15) is 0 Å². The Hall–Kier alpha value is -0.890. The second-order valence-corrected chi connectivity index (χ2v) is 6.27. The summed E-state index contributed by atoms with van der Waals surface area (Å²) in [7, 11) is 0. The molecule has 0 amide bonds. The van der Waals surface area contributed by atoms with E-state index in [0.29, 0.717) is 5.41 Å². The van der Waals surface area contributed by atoms with Gasteiger partial charge in [0.05, 0.1) is 5.69 Å². The van der Waals surface area contributed by atoms with Gasteiger partial charge < -0.3 is 5.73 Å². The highest BCUT2D eigenvalue weighted by Crippen LogP contribution is 2.25. The van der Waals surface area contributed by atoms with E-state index in [9.17, 15) is 0 Å². The average Bonchev–Trinajstić information content (AvgIpc) is 2.15. The van der Waals surface area contributed by atoms with Crippen LogP contribution in [-0.4, -0.2) is 4.98 Å². The maximum atomic E-state index is 6.21. The molecule has 1 atom stereocenters. The van der Waals surface area contributed by atoms with E-state index in [1.807, 2.05) is 6.20 Å². The number of hydrogen-bond donors (Lipinski definition) is 1. The maximum Gasteiger partial charge on any atom is 0.0600 e. The van der Waals surface area contributed by atoms with Crippen LogP contribution in [0.1, 0.15) is 62.9 Å². The monoisotopic (exact) mass is 234 g/mol. The molecule has 0 fully saturated rings. The lowest BCUT2D eigenvalue weighted by atomic mass is 9.88. The summed E-state index contributed by atoms with van der Waals surface area (Å²) in [4.78, 5) is 4.47. The van der Waals surface area contributed by atoms with E-state index in [2.05, 4.69) is 45.7 Å². The zero-order valence-corrected chi connectivity index (χ0v) is 11.9. The fraction of sp³-hybridized carbons (Fsp3) is 0.667. The highest BCUT2D eigenvalue weighted by Gasteiger charge is 2.14. The SMILES string of the molecule is Cc1cnc(C(N)CCCC(C)(C)C)c(C)c1. The molecular weight excluding hydrogens is 208 g/mol. The molecule has 1 rings (SSSR count). The minimum absolute atomic E-state index is 0.0814. The first-order valence-electron chi connectivity index (χ1n) is 6.48. The van der Waals surface area contributed by atoms with Crippen molar-refractivity contribution < 1.29 is 0 Å². The Morgan fingerprint density at radius 1 is 1.29 bits per heavy atom. The van der Waals surface area contributed by atoms with Crippen LogP contribution in [0.5, 0.6) is 0 Å². The average molecular weight is 234 g/mol. The highest BCUT2D eigenvalue weighted by molar-refractivity contribution is 5.25. The summed E-state index contributed by atoms with van der Waals surface area (Å²) in [5, 5.41) is 0. The molecule has 1 unspecified atom stereocenters. The van der Waals surface area contributed by atoms with Crippen molar-refractivity contribution in [1.29, 1.82) is 0 Å². The molecule has 0 spiro atoms. The van der Waals surface area contributed by atoms with Crippen molar-refractivity contribution in [2.24, 2.45) is 11.1 Å². The van der Waals surface area contributed by atoms with Crippen molar-refractivity contribution in [2.45, 2.75) is 59.9 Å². The number of nitrogens with two attached hydrogens (primary N) is 1. The van der Waals surface area contributed by atoms with Gasteiger partial charge in [-0.05, 0) is 43.2 Å². The third-order valence-electron chi connectivity index (χ3n) is 3.05. The third kappa shape index (κ3) is 4.86. The zero-order chi connectivity index (χ0) is 13.1. The summed E-state index contributed by atoms with van der Waals surface area (Å²) < 4.78 is 0. The smallest absolute Gasteiger partial charge is 0.0600 e. The summed E-state index contributed by atoms with van der Waals surface area (Å²) in [5.74, 6) is 0. The first-order chi connectivity index (χ1) is 7.79. The van der Waals surface area contributed by atoms with Crippen molar-refractivity contribution >= 4 is 0 Å². The Kier molecular flexibility index (Phi) is 4.70. The van der Waals surface area contributed by atoms with Gasteiger partial charge in [0.25, 0.3) is 0 Å². The maximum absolute atomic E-state index is 6.21. The highest BCUT2D eigenvalue weighted by atomic mass is 14.8. The van der Waals surface area contributed by atoms with Gasteiger partial charge in [-0.15, -0.1) is 0 Å². The van der Waals surface area contributed by atoms with Crippen molar-refractivity contribution in [3.8, 4) is 0 Å². The first-order valence-corrected chi connectivity index (χ1v) is 6.48. The van der Waals surface area contributed by atoms with Gasteiger partial charge in [-0.3, -0.25) is 4.98 Å². The van der Waals surface area contributed by atoms with Crippen LogP contribution in [0.15, 0.2) is 12.3 Å². The fourth-order valence-electron chi connectivity index (χ4n) is 2.10. The Morgan fingerprint density at radius 3 is 2.47 bits per heavy atom. The molecule has 0 bridgehead atoms. The van der Waals surface area contributed by atoms with E-state index in [1.165, 1.54) is 24.0 Å². The standard InChI is InChI=1S/C15H26N2/c1-11-9-12(2)14(17-10-11)13(16)7-6-8-15(3,4)5/h9-10,13H,6-8,16H2,1-5H3. The van der Waals surface area contributed by atoms with Gasteiger partial charge in [0.15, 0.2) is 0 Å². The third-order valence-corrected chi connectivity index (χ3v) is 3.05. The molecule has 1 heterocycles. The van der Waals surface area contributed by atoms with E-state index in [-0.39, 0.29) is 6.04 Å². The van der Waals surface area contributed by atoms with Gasteiger partial charge in [0.1, 0.15) is 0 Å². The van der Waals surface area contributed by atoms with E-state index in [0.717, 1.165) is 12.1 Å². The van der Waals surface area contributed by atoms with Crippen LogP contribution >= 0.6 is 0 Å². The Labute approximate surface area is 106 Å². The summed E-state index contributed by atoms with van der Waals surface area (Å²) in [5.41, 5.74) is 10.1. The first kappa shape index (κ1) is 14.2. The van der Waals surface area contributed by atoms with Crippen LogP contribution in [-0.2, 0) is 0 Å². The minimum atomic E-state index is 0.0814. The van der Waals surface area contributed by atoms with Crippen molar-refractivity contribution in [2.75, 3.05) is 0 Å². The van der Waals surface area contributed by atoms with Gasteiger partial charge in [0, 0.05) is 12.2 Å². The lowest BCUT2D eigenvalue weighted by Gasteiger charge is -2.20. The second-order valence-electron chi connectivity index (χ2n) is 6.27. The summed E-state index contributed by atoms with van der Waals surface area (Å²) in [6.07, 6.45) is 5.31. The minimum Gasteiger partial charge on any atom is -0.323 e. The number of hydrogen-bond acceptors (Lipinski definition) is 2. The predicted octanol–water partition coefficient (Wildman–Crippen LogP) is 3.91. The topological polar surface area (TPSA) is 38.9 Å². The molecule has 1 aromatic heterocycles. The van der Waals surface area contributed by atoms with Gasteiger partial charge in [-0.1, -0.05) is 33.3 Å². The second kappa shape index (κ2) is 5.63. The molecule has 0 saturated carbocycles. The van der Waals surface area contributed by atoms with Crippen molar-refractivity contribution in [3.05, 3.63) is 29.1 Å². The van der Waals surface area contributed by atoms with Crippen molar-refractivity contribution in [1.82, 2.24) is 4.98 Å². The predicted molar refractivity (Wildman–Crippen MR) is 73.9 cm³/mol. The van der Waals surface area contributed by atoms with E-state index < -0.39 is 0 Å². The summed E-state index contributed by atoms with van der Waals surface area (Å²) >= 11 is 0. The fourth-order valence-corrected chi connectivity index (χ4v) is 2.10. The molecule has 0 radical (unpaired) electrons. The molecule has 0 aliphatic carbocycles. The molecule has 0 aliphatic heterocycles. The molecule has 96 valence electrons. The molecule has 17 heavy (non-hydrogen) atoms. The Bertz CT molecular complexity index is 364. The number of nitrogens with zero attached hydrogens (tertiary/aromatic N) is 1. The molecule has 0 aromatic carbocycles. The molecule has 2 heteroatoms. The summed E-state index contributed by atoms with van der Waals surface area (Å²) in [6, 6.07) is 2.24. The van der Waals surface area contributed by atoms with Gasteiger partial charge >= 0.3 is 0 Å². The Morgan fingerprint density at radius 2 is 1.94 bits per heavy atom. The number of rotatable bonds is 4.